The maximum Gasteiger partial charge on any atom is 0.225 e. The minimum Gasteiger partial charge on any atom is -0.378 e. The van der Waals surface area contributed by atoms with Crippen LogP contribution in [0.1, 0.15) is 24.0 Å². The summed E-state index contributed by atoms with van der Waals surface area (Å²) >= 11 is 0. The van der Waals surface area contributed by atoms with Gasteiger partial charge in [-0.15, -0.1) is 24.0 Å². The van der Waals surface area contributed by atoms with Crippen molar-refractivity contribution in [1.82, 2.24) is 15.1 Å². The molecule has 2 aliphatic heterocycles. The number of amides is 1. The molecule has 0 bridgehead atoms. The Morgan fingerprint density at radius 2 is 1.97 bits per heavy atom. The van der Waals surface area contributed by atoms with Gasteiger partial charge in [0, 0.05) is 51.3 Å². The summed E-state index contributed by atoms with van der Waals surface area (Å²) in [6.45, 7) is 4.28. The number of rotatable bonds is 3. The number of halogens is 2. The van der Waals surface area contributed by atoms with E-state index in [2.05, 4.69) is 15.2 Å². The number of piperidine rings is 1. The van der Waals surface area contributed by atoms with Gasteiger partial charge in [-0.2, -0.15) is 5.26 Å². The molecular formula is C20H27FIN5O2. The van der Waals surface area contributed by atoms with Crippen molar-refractivity contribution in [2.75, 3.05) is 46.4 Å². The molecule has 9 heteroatoms. The minimum atomic E-state index is -0.350. The lowest BCUT2D eigenvalue weighted by atomic mass is 9.95. The number of benzene rings is 1. The van der Waals surface area contributed by atoms with Crippen LogP contribution in [0.5, 0.6) is 0 Å². The van der Waals surface area contributed by atoms with E-state index in [0.29, 0.717) is 43.4 Å². The largest absolute Gasteiger partial charge is 0.378 e. The van der Waals surface area contributed by atoms with Crippen molar-refractivity contribution in [2.24, 2.45) is 10.9 Å². The monoisotopic (exact) mass is 515 g/mol. The van der Waals surface area contributed by atoms with Crippen LogP contribution in [0, 0.1) is 23.1 Å². The van der Waals surface area contributed by atoms with E-state index in [-0.39, 0.29) is 48.2 Å². The number of carbonyl (C=O) groups is 1. The summed E-state index contributed by atoms with van der Waals surface area (Å²) in [5, 5.41) is 12.2. The zero-order valence-corrected chi connectivity index (χ0v) is 18.9. The third-order valence-corrected chi connectivity index (χ3v) is 5.29. The van der Waals surface area contributed by atoms with Crippen molar-refractivity contribution in [3.8, 4) is 6.07 Å². The fourth-order valence-corrected chi connectivity index (χ4v) is 3.67. The lowest BCUT2D eigenvalue weighted by molar-refractivity contribution is -0.140. The first-order valence-corrected chi connectivity index (χ1v) is 9.63. The smallest absolute Gasteiger partial charge is 0.225 e. The number of likely N-dealkylation sites (tertiary alicyclic amines) is 1. The summed E-state index contributed by atoms with van der Waals surface area (Å²) < 4.78 is 19.3. The number of ether oxygens (including phenoxy) is 1. The molecule has 3 rings (SSSR count). The molecule has 0 atom stereocenters. The Bertz CT molecular complexity index is 769. The lowest BCUT2D eigenvalue weighted by Gasteiger charge is -2.36. The Labute approximate surface area is 187 Å². The van der Waals surface area contributed by atoms with E-state index in [1.54, 1.807) is 13.1 Å². The molecule has 0 spiro atoms. The summed E-state index contributed by atoms with van der Waals surface area (Å²) in [6, 6.07) is 6.34. The summed E-state index contributed by atoms with van der Waals surface area (Å²) in [7, 11) is 1.69. The maximum atomic E-state index is 14.0. The second kappa shape index (κ2) is 11.3. The molecule has 1 N–H and O–H groups in total. The van der Waals surface area contributed by atoms with Crippen molar-refractivity contribution in [3.63, 3.8) is 0 Å². The Hall–Kier alpha value is -1.93. The van der Waals surface area contributed by atoms with Gasteiger partial charge in [0.2, 0.25) is 5.91 Å². The van der Waals surface area contributed by atoms with Crippen molar-refractivity contribution in [2.45, 2.75) is 19.4 Å². The first kappa shape index (κ1) is 23.3. The maximum absolute atomic E-state index is 14.0. The molecule has 2 fully saturated rings. The van der Waals surface area contributed by atoms with Crippen LogP contribution in [0.4, 0.5) is 4.39 Å². The first-order chi connectivity index (χ1) is 13.6. The average molecular weight is 515 g/mol. The third-order valence-electron chi connectivity index (χ3n) is 5.29. The van der Waals surface area contributed by atoms with Crippen LogP contribution >= 0.6 is 24.0 Å². The molecule has 2 saturated heterocycles. The average Bonchev–Trinajstić information content (AvgIpc) is 2.76. The van der Waals surface area contributed by atoms with Gasteiger partial charge in [0.1, 0.15) is 5.82 Å². The van der Waals surface area contributed by atoms with Crippen LogP contribution in [-0.2, 0) is 16.1 Å². The summed E-state index contributed by atoms with van der Waals surface area (Å²) in [5.74, 6) is 0.592. The van der Waals surface area contributed by atoms with E-state index >= 15 is 0 Å². The Morgan fingerprint density at radius 1 is 1.28 bits per heavy atom. The Kier molecular flexibility index (Phi) is 9.10. The predicted molar refractivity (Wildman–Crippen MR) is 118 cm³/mol. The van der Waals surface area contributed by atoms with Crippen molar-refractivity contribution in [3.05, 3.63) is 35.1 Å². The molecule has 2 aliphatic rings. The zero-order valence-electron chi connectivity index (χ0n) is 16.6. The van der Waals surface area contributed by atoms with Gasteiger partial charge in [-0.05, 0) is 31.0 Å². The molecule has 1 amide bonds. The number of aliphatic imine (C=N–C) groups is 1. The van der Waals surface area contributed by atoms with Crippen molar-refractivity contribution in [1.29, 1.82) is 5.26 Å². The number of nitrogens with zero attached hydrogens (tertiary/aromatic N) is 4. The summed E-state index contributed by atoms with van der Waals surface area (Å²) in [6.07, 6.45) is 1.55. The molecule has 0 unspecified atom stereocenters. The number of morpholine rings is 1. The van der Waals surface area contributed by atoms with Gasteiger partial charge >= 0.3 is 0 Å². The number of nitrogens with one attached hydrogen (secondary N) is 1. The van der Waals surface area contributed by atoms with Crippen LogP contribution in [0.3, 0.4) is 0 Å². The number of guanidine groups is 1. The van der Waals surface area contributed by atoms with E-state index in [1.807, 2.05) is 11.0 Å². The topological polar surface area (TPSA) is 81.0 Å². The minimum absolute atomic E-state index is 0. The second-order valence-electron chi connectivity index (χ2n) is 7.02. The van der Waals surface area contributed by atoms with Crippen molar-refractivity contribution < 1.29 is 13.9 Å². The first-order valence-electron chi connectivity index (χ1n) is 9.63. The number of carbonyl (C=O) groups excluding carboxylic acids is 1. The third kappa shape index (κ3) is 6.02. The van der Waals surface area contributed by atoms with Gasteiger partial charge in [0.25, 0.3) is 0 Å². The molecule has 7 nitrogen and oxygen atoms in total. The van der Waals surface area contributed by atoms with Gasteiger partial charge in [-0.1, -0.05) is 0 Å². The normalized spacial score (nSPS) is 18.0. The fraction of sp³-hybridized carbons (Fsp3) is 0.550. The molecular weight excluding hydrogens is 488 g/mol. The molecule has 0 saturated carbocycles. The fourth-order valence-electron chi connectivity index (χ4n) is 3.67. The van der Waals surface area contributed by atoms with Crippen LogP contribution < -0.4 is 5.32 Å². The molecule has 29 heavy (non-hydrogen) atoms. The van der Waals surface area contributed by atoms with Crippen LogP contribution in [-0.4, -0.2) is 68.1 Å². The van der Waals surface area contributed by atoms with E-state index in [1.165, 1.54) is 12.1 Å². The predicted octanol–water partition coefficient (Wildman–Crippen LogP) is 1.96. The molecule has 1 aromatic carbocycles. The Balaban J connectivity index is 0.00000300. The summed E-state index contributed by atoms with van der Waals surface area (Å²) in [4.78, 5) is 20.9. The highest BCUT2D eigenvalue weighted by molar-refractivity contribution is 14.0. The van der Waals surface area contributed by atoms with Gasteiger partial charge in [0.05, 0.1) is 24.8 Å². The molecule has 0 aromatic heterocycles. The Morgan fingerprint density at radius 3 is 2.59 bits per heavy atom. The number of hydrogen-bond acceptors (Lipinski definition) is 4. The highest BCUT2D eigenvalue weighted by Crippen LogP contribution is 2.20. The van der Waals surface area contributed by atoms with E-state index < -0.39 is 0 Å². The molecule has 1 aromatic rings. The second-order valence-corrected chi connectivity index (χ2v) is 7.02. The van der Waals surface area contributed by atoms with E-state index in [0.717, 1.165) is 25.9 Å². The van der Waals surface area contributed by atoms with Crippen molar-refractivity contribution >= 4 is 35.8 Å². The van der Waals surface area contributed by atoms with Gasteiger partial charge in [-0.3, -0.25) is 9.79 Å². The van der Waals surface area contributed by atoms with Crippen LogP contribution in [0.2, 0.25) is 0 Å². The van der Waals surface area contributed by atoms with Gasteiger partial charge in [0.15, 0.2) is 5.96 Å². The summed E-state index contributed by atoms with van der Waals surface area (Å²) in [5.41, 5.74) is 0.855. The van der Waals surface area contributed by atoms with Gasteiger partial charge < -0.3 is 19.9 Å². The highest BCUT2D eigenvalue weighted by Gasteiger charge is 2.30. The molecule has 0 aliphatic carbocycles. The highest BCUT2D eigenvalue weighted by atomic mass is 127. The van der Waals surface area contributed by atoms with Crippen LogP contribution in [0.15, 0.2) is 23.2 Å². The van der Waals surface area contributed by atoms with Crippen LogP contribution in [0.25, 0.3) is 0 Å². The lowest BCUT2D eigenvalue weighted by Crippen LogP contribution is -2.49. The van der Waals surface area contributed by atoms with Gasteiger partial charge in [-0.25, -0.2) is 4.39 Å². The standard InChI is InChI=1S/C20H26FN5O2.HI/c1-23-20(24-14-17-12-15(13-22)2-3-18(17)21)26-6-4-16(5-7-26)19(27)25-8-10-28-11-9-25;/h2-3,12,16H,4-11,14H2,1H3,(H,23,24);1H. The number of hydrogen-bond donors (Lipinski definition) is 1. The number of nitriles is 1. The quantitative estimate of drug-likeness (QED) is 0.379. The van der Waals surface area contributed by atoms with E-state index in [4.69, 9.17) is 10.00 Å². The SMILES string of the molecule is CN=C(NCc1cc(C#N)ccc1F)N1CCC(C(=O)N2CCOCC2)CC1.I. The zero-order chi connectivity index (χ0) is 19.9. The van der Waals surface area contributed by atoms with E-state index in [9.17, 15) is 9.18 Å². The molecule has 158 valence electrons. The molecule has 0 radical (unpaired) electrons. The molecule has 2 heterocycles.